The first kappa shape index (κ1) is 15.2. The van der Waals surface area contributed by atoms with E-state index in [1.807, 2.05) is 0 Å². The molecule has 0 fully saturated rings. The predicted octanol–water partition coefficient (Wildman–Crippen LogP) is 3.38. The number of fused-ring (bicyclic) bond motifs is 1. The zero-order chi connectivity index (χ0) is 16.6. The number of carboxylic acid groups (broad SMARTS) is 1. The Balaban J connectivity index is 2.19. The van der Waals surface area contributed by atoms with Crippen molar-refractivity contribution in [3.63, 3.8) is 0 Å². The minimum atomic E-state index is -1.02. The Labute approximate surface area is 136 Å². The van der Waals surface area contributed by atoms with E-state index in [2.05, 4.69) is 9.97 Å². The molecule has 0 aliphatic rings. The van der Waals surface area contributed by atoms with Gasteiger partial charge >= 0.3 is 5.97 Å². The molecule has 0 unspecified atom stereocenters. The van der Waals surface area contributed by atoms with Crippen LogP contribution >= 0.6 is 11.6 Å². The van der Waals surface area contributed by atoms with Crippen LogP contribution in [0.4, 0.5) is 0 Å². The third-order valence-electron chi connectivity index (χ3n) is 3.54. The lowest BCUT2D eigenvalue weighted by Gasteiger charge is -2.03. The number of pyridine rings is 1. The third kappa shape index (κ3) is 2.96. The average molecular weight is 329 g/mol. The molecule has 3 aromatic rings. The minimum Gasteiger partial charge on any atom is -0.481 e. The summed E-state index contributed by atoms with van der Waals surface area (Å²) in [5, 5.41) is 10.3. The Hall–Kier alpha value is -2.66. The number of aromatic amines is 1. The van der Waals surface area contributed by atoms with Gasteiger partial charge in [-0.15, -0.1) is 0 Å². The first-order valence-electron chi connectivity index (χ1n) is 6.96. The normalized spacial score (nSPS) is 10.9. The number of rotatable bonds is 4. The average Bonchev–Trinajstić information content (AvgIpc) is 2.84. The Bertz CT molecular complexity index is 931. The molecule has 0 aliphatic carbocycles. The molecular formula is C17H13ClN2O3. The molecule has 0 saturated carbocycles. The van der Waals surface area contributed by atoms with Crippen LogP contribution in [0, 0.1) is 6.92 Å². The summed E-state index contributed by atoms with van der Waals surface area (Å²) in [5.41, 5.74) is 2.32. The molecule has 116 valence electrons. The van der Waals surface area contributed by atoms with E-state index in [0.717, 1.165) is 5.69 Å². The summed E-state index contributed by atoms with van der Waals surface area (Å²) in [6.07, 6.45) is -0.271. The van der Waals surface area contributed by atoms with Gasteiger partial charge in [-0.3, -0.25) is 9.59 Å². The molecule has 2 aromatic heterocycles. The molecule has 1 aromatic carbocycles. The number of nitrogens with one attached hydrogen (secondary N) is 1. The van der Waals surface area contributed by atoms with Crippen molar-refractivity contribution in [1.29, 1.82) is 0 Å². The summed E-state index contributed by atoms with van der Waals surface area (Å²) < 4.78 is 0. The van der Waals surface area contributed by atoms with Crippen molar-refractivity contribution in [2.45, 2.75) is 13.3 Å². The standard InChI is InChI=1S/C17H13ClN2O3/c1-9-3-2-4-14(19-9)17(23)16-12(8-15(21)22)11-7-10(18)5-6-13(11)20-16/h2-7,20H,8H2,1H3,(H,21,22). The highest BCUT2D eigenvalue weighted by Crippen LogP contribution is 2.27. The fourth-order valence-corrected chi connectivity index (χ4v) is 2.72. The van der Waals surface area contributed by atoms with Crippen LogP contribution in [-0.2, 0) is 11.2 Å². The second kappa shape index (κ2) is 5.85. The Kier molecular flexibility index (Phi) is 3.88. The third-order valence-corrected chi connectivity index (χ3v) is 3.78. The zero-order valence-electron chi connectivity index (χ0n) is 12.3. The molecule has 0 radical (unpaired) electrons. The maximum Gasteiger partial charge on any atom is 0.307 e. The fourth-order valence-electron chi connectivity index (χ4n) is 2.55. The summed E-state index contributed by atoms with van der Waals surface area (Å²) in [6.45, 7) is 1.79. The van der Waals surface area contributed by atoms with E-state index >= 15 is 0 Å². The largest absolute Gasteiger partial charge is 0.481 e. The number of carbonyl (C=O) groups excluding carboxylic acids is 1. The number of ketones is 1. The van der Waals surface area contributed by atoms with Crippen LogP contribution in [0.15, 0.2) is 36.4 Å². The monoisotopic (exact) mass is 328 g/mol. The van der Waals surface area contributed by atoms with Gasteiger partial charge in [0.25, 0.3) is 0 Å². The molecule has 3 rings (SSSR count). The van der Waals surface area contributed by atoms with Crippen molar-refractivity contribution >= 4 is 34.3 Å². The molecule has 0 atom stereocenters. The van der Waals surface area contributed by atoms with Crippen molar-refractivity contribution < 1.29 is 14.7 Å². The van der Waals surface area contributed by atoms with Gasteiger partial charge in [-0.05, 0) is 37.3 Å². The lowest BCUT2D eigenvalue weighted by atomic mass is 10.0. The van der Waals surface area contributed by atoms with Gasteiger partial charge in [0, 0.05) is 27.2 Å². The zero-order valence-corrected chi connectivity index (χ0v) is 13.0. The Morgan fingerprint density at radius 1 is 1.26 bits per heavy atom. The number of hydrogen-bond acceptors (Lipinski definition) is 3. The van der Waals surface area contributed by atoms with E-state index in [-0.39, 0.29) is 23.6 Å². The van der Waals surface area contributed by atoms with Gasteiger partial charge in [0.05, 0.1) is 12.1 Å². The Morgan fingerprint density at radius 3 is 2.74 bits per heavy atom. The molecule has 0 spiro atoms. The lowest BCUT2D eigenvalue weighted by Crippen LogP contribution is -2.10. The summed E-state index contributed by atoms with van der Waals surface area (Å²) >= 11 is 6.00. The number of H-pyrrole nitrogens is 1. The summed E-state index contributed by atoms with van der Waals surface area (Å²) in [6, 6.07) is 10.2. The van der Waals surface area contributed by atoms with E-state index in [4.69, 9.17) is 16.7 Å². The molecular weight excluding hydrogens is 316 g/mol. The van der Waals surface area contributed by atoms with E-state index in [1.165, 1.54) is 0 Å². The first-order chi connectivity index (χ1) is 11.0. The van der Waals surface area contributed by atoms with Crippen molar-refractivity contribution in [2.24, 2.45) is 0 Å². The second-order valence-electron chi connectivity index (χ2n) is 5.23. The maximum atomic E-state index is 12.7. The first-order valence-corrected chi connectivity index (χ1v) is 7.34. The summed E-state index contributed by atoms with van der Waals surface area (Å²) in [5.74, 6) is -1.35. The molecule has 0 bridgehead atoms. The molecule has 0 amide bonds. The minimum absolute atomic E-state index is 0.239. The number of aromatic nitrogens is 2. The summed E-state index contributed by atoms with van der Waals surface area (Å²) in [7, 11) is 0. The molecule has 6 heteroatoms. The quantitative estimate of drug-likeness (QED) is 0.719. The van der Waals surface area contributed by atoms with Crippen LogP contribution in [0.5, 0.6) is 0 Å². The number of aliphatic carboxylic acids is 1. The lowest BCUT2D eigenvalue weighted by molar-refractivity contribution is -0.136. The van der Waals surface area contributed by atoms with Gasteiger partial charge in [0.15, 0.2) is 0 Å². The van der Waals surface area contributed by atoms with Crippen LogP contribution in [0.1, 0.15) is 27.4 Å². The topological polar surface area (TPSA) is 83.0 Å². The SMILES string of the molecule is Cc1cccc(C(=O)c2[nH]c3ccc(Cl)cc3c2CC(=O)O)n1. The molecule has 5 nitrogen and oxygen atoms in total. The highest BCUT2D eigenvalue weighted by atomic mass is 35.5. The number of hydrogen-bond donors (Lipinski definition) is 2. The van der Waals surface area contributed by atoms with E-state index in [9.17, 15) is 9.59 Å². The number of carbonyl (C=O) groups is 2. The van der Waals surface area contributed by atoms with Crippen LogP contribution in [0.25, 0.3) is 10.9 Å². The van der Waals surface area contributed by atoms with Crippen molar-refractivity contribution in [2.75, 3.05) is 0 Å². The van der Waals surface area contributed by atoms with Crippen molar-refractivity contribution in [1.82, 2.24) is 9.97 Å². The van der Waals surface area contributed by atoms with Gasteiger partial charge in [-0.2, -0.15) is 0 Å². The number of nitrogens with zero attached hydrogens (tertiary/aromatic N) is 1. The van der Waals surface area contributed by atoms with Crippen LogP contribution < -0.4 is 0 Å². The number of aryl methyl sites for hydroxylation is 1. The van der Waals surface area contributed by atoms with E-state index in [1.54, 1.807) is 43.3 Å². The van der Waals surface area contributed by atoms with Crippen molar-refractivity contribution in [3.05, 3.63) is 64.1 Å². The number of carboxylic acids is 1. The van der Waals surface area contributed by atoms with Crippen LogP contribution in [0.2, 0.25) is 5.02 Å². The predicted molar refractivity (Wildman–Crippen MR) is 87.1 cm³/mol. The molecule has 2 heterocycles. The van der Waals surface area contributed by atoms with Gasteiger partial charge < -0.3 is 10.1 Å². The smallest absolute Gasteiger partial charge is 0.307 e. The van der Waals surface area contributed by atoms with Crippen molar-refractivity contribution in [3.8, 4) is 0 Å². The van der Waals surface area contributed by atoms with Gasteiger partial charge in [-0.1, -0.05) is 17.7 Å². The van der Waals surface area contributed by atoms with Gasteiger partial charge in [-0.25, -0.2) is 4.98 Å². The fraction of sp³-hybridized carbons (Fsp3) is 0.118. The highest BCUT2D eigenvalue weighted by molar-refractivity contribution is 6.31. The molecule has 0 saturated heterocycles. The number of halogens is 1. The molecule has 2 N–H and O–H groups in total. The van der Waals surface area contributed by atoms with E-state index in [0.29, 0.717) is 21.5 Å². The second-order valence-corrected chi connectivity index (χ2v) is 5.67. The van der Waals surface area contributed by atoms with E-state index < -0.39 is 5.97 Å². The summed E-state index contributed by atoms with van der Waals surface area (Å²) in [4.78, 5) is 31.1. The number of benzene rings is 1. The maximum absolute atomic E-state index is 12.7. The van der Waals surface area contributed by atoms with Crippen LogP contribution in [0.3, 0.4) is 0 Å². The molecule has 23 heavy (non-hydrogen) atoms. The van der Waals surface area contributed by atoms with Gasteiger partial charge in [0.2, 0.25) is 5.78 Å². The Morgan fingerprint density at radius 2 is 2.04 bits per heavy atom. The molecule has 0 aliphatic heterocycles. The van der Waals surface area contributed by atoms with Crippen LogP contribution in [-0.4, -0.2) is 26.8 Å². The van der Waals surface area contributed by atoms with Gasteiger partial charge in [0.1, 0.15) is 5.69 Å². The highest BCUT2D eigenvalue weighted by Gasteiger charge is 2.22.